The van der Waals surface area contributed by atoms with Crippen LogP contribution in [0.4, 0.5) is 0 Å². The number of benzene rings is 1. The number of hydrogen-bond acceptors (Lipinski definition) is 7. The van der Waals surface area contributed by atoms with Gasteiger partial charge in [-0.2, -0.15) is 0 Å². The summed E-state index contributed by atoms with van der Waals surface area (Å²) in [4.78, 5) is 14.2. The van der Waals surface area contributed by atoms with E-state index in [1.807, 2.05) is 13.1 Å². The molecule has 29 heavy (non-hydrogen) atoms. The van der Waals surface area contributed by atoms with Gasteiger partial charge in [0.05, 0.1) is 26.3 Å². The number of aliphatic hydroxyl groups excluding tert-OH is 1. The van der Waals surface area contributed by atoms with Gasteiger partial charge in [0.15, 0.2) is 23.1 Å². The van der Waals surface area contributed by atoms with Gasteiger partial charge in [0, 0.05) is 19.3 Å². The fourth-order valence-electron chi connectivity index (χ4n) is 5.02. The van der Waals surface area contributed by atoms with Gasteiger partial charge in [0.2, 0.25) is 12.5 Å². The number of nitrogens with one attached hydrogen (secondary N) is 1. The molecule has 0 aromatic heterocycles. The van der Waals surface area contributed by atoms with Crippen molar-refractivity contribution < 1.29 is 38.5 Å². The number of fused-ring (bicyclic) bond motifs is 2. The predicted octanol–water partition coefficient (Wildman–Crippen LogP) is 1.54. The number of rotatable bonds is 2. The molecule has 3 aliphatic heterocycles. The highest BCUT2D eigenvalue weighted by atomic mass is 16.8. The molecular formula is C21H26NO7+. The van der Waals surface area contributed by atoms with Crippen molar-refractivity contribution in [2.45, 2.75) is 50.4 Å². The Hall–Kier alpha value is -2.61. The van der Waals surface area contributed by atoms with E-state index in [4.69, 9.17) is 23.7 Å². The van der Waals surface area contributed by atoms with Crippen molar-refractivity contribution in [2.24, 2.45) is 0 Å². The van der Waals surface area contributed by atoms with Gasteiger partial charge in [-0.05, 0) is 24.5 Å². The summed E-state index contributed by atoms with van der Waals surface area (Å²) in [6.07, 6.45) is 4.88. The molecule has 0 amide bonds. The molecule has 156 valence electrons. The lowest BCUT2D eigenvalue weighted by Crippen LogP contribution is -3.10. The number of carbonyl (C=O) groups excluding carboxylic acids is 1. The molecule has 1 aromatic rings. The molecule has 1 fully saturated rings. The van der Waals surface area contributed by atoms with Crippen LogP contribution in [0, 0.1) is 0 Å². The summed E-state index contributed by atoms with van der Waals surface area (Å²) in [7, 11) is 3.55. The third-order valence-electron chi connectivity index (χ3n) is 6.43. The van der Waals surface area contributed by atoms with Crippen molar-refractivity contribution in [2.75, 3.05) is 27.5 Å². The molecule has 1 saturated carbocycles. The van der Waals surface area contributed by atoms with Crippen molar-refractivity contribution in [3.63, 3.8) is 0 Å². The molecule has 8 nitrogen and oxygen atoms in total. The summed E-state index contributed by atoms with van der Waals surface area (Å²) in [6, 6.07) is 1.45. The van der Waals surface area contributed by atoms with Crippen LogP contribution in [0.15, 0.2) is 17.6 Å². The van der Waals surface area contributed by atoms with Gasteiger partial charge in [-0.1, -0.05) is 6.42 Å². The van der Waals surface area contributed by atoms with E-state index in [0.717, 1.165) is 48.3 Å². The zero-order chi connectivity index (χ0) is 20.2. The Balaban J connectivity index is 1.62. The normalized spacial score (nSPS) is 27.3. The van der Waals surface area contributed by atoms with E-state index < -0.39 is 17.8 Å². The minimum absolute atomic E-state index is 0.129. The van der Waals surface area contributed by atoms with E-state index in [9.17, 15) is 9.90 Å². The summed E-state index contributed by atoms with van der Waals surface area (Å²) in [5.41, 5.74) is 1.95. The number of esters is 1. The molecule has 1 spiro atoms. The maximum atomic E-state index is 13.1. The van der Waals surface area contributed by atoms with Crippen LogP contribution in [0.5, 0.6) is 17.2 Å². The first kappa shape index (κ1) is 18.4. The van der Waals surface area contributed by atoms with Gasteiger partial charge in [-0.25, -0.2) is 4.79 Å². The first-order chi connectivity index (χ1) is 14.0. The maximum absolute atomic E-state index is 13.1. The monoisotopic (exact) mass is 404 g/mol. The summed E-state index contributed by atoms with van der Waals surface area (Å²) >= 11 is 0. The SMILES string of the molecule is COc1c2c(cc3c1[C@@H](C1=C(O)OC4(CCCCC4)OC1=O)[NH+](C)CC3)OCO2. The highest BCUT2D eigenvalue weighted by molar-refractivity contribution is 5.91. The summed E-state index contributed by atoms with van der Waals surface area (Å²) in [6.45, 7) is 0.902. The lowest BCUT2D eigenvalue weighted by Gasteiger charge is -2.41. The second kappa shape index (κ2) is 6.73. The fraction of sp³-hybridized carbons (Fsp3) is 0.571. The molecule has 8 heteroatoms. The zero-order valence-corrected chi connectivity index (χ0v) is 16.7. The molecule has 3 heterocycles. The highest BCUT2D eigenvalue weighted by Crippen LogP contribution is 2.49. The van der Waals surface area contributed by atoms with Gasteiger partial charge in [-0.3, -0.25) is 0 Å². The number of likely N-dealkylation sites (N-methyl/N-ethyl adjacent to an activating group) is 1. The molecule has 4 aliphatic rings. The lowest BCUT2D eigenvalue weighted by atomic mass is 9.86. The molecule has 5 rings (SSSR count). The third-order valence-corrected chi connectivity index (χ3v) is 6.43. The standard InChI is InChI=1S/C21H25NO7/c1-22-9-6-12-10-13-17(27-11-26-13)18(25-2)14(12)16(22)15-19(23)28-21(29-20(15)24)7-4-3-5-8-21/h10,16,23H,3-9,11H2,1-2H3/p+1/t16-/m0/s1. The predicted molar refractivity (Wildman–Crippen MR) is 100.0 cm³/mol. The van der Waals surface area contributed by atoms with Crippen molar-refractivity contribution in [3.05, 3.63) is 28.7 Å². The van der Waals surface area contributed by atoms with Gasteiger partial charge in [0.1, 0.15) is 0 Å². The van der Waals surface area contributed by atoms with E-state index in [-0.39, 0.29) is 18.3 Å². The van der Waals surface area contributed by atoms with Crippen LogP contribution >= 0.6 is 0 Å². The summed E-state index contributed by atoms with van der Waals surface area (Å²) < 4.78 is 28.5. The van der Waals surface area contributed by atoms with E-state index in [2.05, 4.69) is 0 Å². The average Bonchev–Trinajstić information content (AvgIpc) is 3.16. The molecule has 2 N–H and O–H groups in total. The van der Waals surface area contributed by atoms with Crippen LogP contribution in [-0.2, 0) is 20.7 Å². The number of hydrogen-bond donors (Lipinski definition) is 2. The largest absolute Gasteiger partial charge is 0.492 e. The number of ether oxygens (including phenoxy) is 5. The van der Waals surface area contributed by atoms with Gasteiger partial charge >= 0.3 is 5.97 Å². The summed E-state index contributed by atoms with van der Waals surface area (Å²) in [5, 5.41) is 10.9. The molecular weight excluding hydrogens is 378 g/mol. The summed E-state index contributed by atoms with van der Waals surface area (Å²) in [5.74, 6) is -0.189. The molecule has 0 radical (unpaired) electrons. The minimum Gasteiger partial charge on any atom is -0.492 e. The van der Waals surface area contributed by atoms with Crippen molar-refractivity contribution >= 4 is 5.97 Å². The van der Waals surface area contributed by atoms with Crippen LogP contribution in [0.25, 0.3) is 0 Å². The van der Waals surface area contributed by atoms with Crippen LogP contribution in [0.2, 0.25) is 0 Å². The lowest BCUT2D eigenvalue weighted by molar-refractivity contribution is -0.908. The molecule has 0 bridgehead atoms. The number of aliphatic hydroxyl groups is 1. The number of quaternary nitrogens is 1. The smallest absolute Gasteiger partial charge is 0.351 e. The second-order valence-electron chi connectivity index (χ2n) is 8.18. The first-order valence-electron chi connectivity index (χ1n) is 10.2. The van der Waals surface area contributed by atoms with E-state index in [1.165, 1.54) is 0 Å². The molecule has 0 saturated heterocycles. The number of carbonyl (C=O) groups is 1. The molecule has 1 unspecified atom stereocenters. The Morgan fingerprint density at radius 3 is 2.72 bits per heavy atom. The van der Waals surface area contributed by atoms with Crippen molar-refractivity contribution in [1.82, 2.24) is 0 Å². The second-order valence-corrected chi connectivity index (χ2v) is 8.18. The Bertz CT molecular complexity index is 888. The third kappa shape index (κ3) is 2.80. The zero-order valence-electron chi connectivity index (χ0n) is 16.7. The van der Waals surface area contributed by atoms with Crippen molar-refractivity contribution in [1.29, 1.82) is 0 Å². The highest BCUT2D eigenvalue weighted by Gasteiger charge is 2.51. The van der Waals surface area contributed by atoms with E-state index in [0.29, 0.717) is 30.1 Å². The molecule has 1 aromatic carbocycles. The quantitative estimate of drug-likeness (QED) is 0.723. The Morgan fingerprint density at radius 2 is 2.00 bits per heavy atom. The van der Waals surface area contributed by atoms with E-state index >= 15 is 0 Å². The van der Waals surface area contributed by atoms with Crippen molar-refractivity contribution in [3.8, 4) is 17.2 Å². The van der Waals surface area contributed by atoms with Crippen LogP contribution < -0.4 is 19.1 Å². The number of methoxy groups -OCH3 is 1. The Kier molecular flexibility index (Phi) is 4.27. The first-order valence-corrected chi connectivity index (χ1v) is 10.2. The Labute approximate surface area is 168 Å². The molecule has 2 atom stereocenters. The van der Waals surface area contributed by atoms with Crippen LogP contribution in [-0.4, -0.2) is 44.4 Å². The Morgan fingerprint density at radius 1 is 1.21 bits per heavy atom. The van der Waals surface area contributed by atoms with Gasteiger partial charge in [0.25, 0.3) is 11.7 Å². The fourth-order valence-corrected chi connectivity index (χ4v) is 5.02. The average molecular weight is 404 g/mol. The van der Waals surface area contributed by atoms with Crippen LogP contribution in [0.3, 0.4) is 0 Å². The van der Waals surface area contributed by atoms with Crippen LogP contribution in [0.1, 0.15) is 49.3 Å². The van der Waals surface area contributed by atoms with Gasteiger partial charge < -0.3 is 33.7 Å². The van der Waals surface area contributed by atoms with Gasteiger partial charge in [-0.15, -0.1) is 0 Å². The van der Waals surface area contributed by atoms with E-state index in [1.54, 1.807) is 7.11 Å². The molecule has 1 aliphatic carbocycles. The maximum Gasteiger partial charge on any atom is 0.351 e. The minimum atomic E-state index is -1.03. The topological polar surface area (TPSA) is 87.9 Å².